The van der Waals surface area contributed by atoms with Crippen molar-refractivity contribution in [2.45, 2.75) is 19.6 Å². The van der Waals surface area contributed by atoms with Gasteiger partial charge in [0.2, 0.25) is 0 Å². The van der Waals surface area contributed by atoms with Crippen molar-refractivity contribution in [1.82, 2.24) is 4.90 Å². The van der Waals surface area contributed by atoms with Gasteiger partial charge in [-0.05, 0) is 67.0 Å². The van der Waals surface area contributed by atoms with Crippen molar-refractivity contribution in [3.05, 3.63) is 107 Å². The summed E-state index contributed by atoms with van der Waals surface area (Å²) in [5.41, 5.74) is 3.69. The lowest BCUT2D eigenvalue weighted by atomic mass is 9.93. The van der Waals surface area contributed by atoms with Crippen molar-refractivity contribution in [2.24, 2.45) is 0 Å². The normalized spacial score (nSPS) is 17.2. The zero-order chi connectivity index (χ0) is 28.5. The molecule has 0 amide bonds. The predicted molar refractivity (Wildman–Crippen MR) is 159 cm³/mol. The van der Waals surface area contributed by atoms with E-state index < -0.39 is 13.4 Å². The smallest absolute Gasteiger partial charge is 0.352 e. The minimum Gasteiger partial charge on any atom is -0.497 e. The minimum absolute atomic E-state index is 0.0580. The van der Waals surface area contributed by atoms with Gasteiger partial charge >= 0.3 is 7.60 Å². The number of hydrogen-bond donors (Lipinski definition) is 0. The molecule has 1 aliphatic heterocycles. The third-order valence-electron chi connectivity index (χ3n) is 6.60. The van der Waals surface area contributed by atoms with Crippen LogP contribution in [0.3, 0.4) is 0 Å². The van der Waals surface area contributed by atoms with Crippen molar-refractivity contribution in [3.8, 4) is 11.5 Å². The lowest BCUT2D eigenvalue weighted by Crippen LogP contribution is -2.40. The molecule has 40 heavy (non-hydrogen) atoms. The molecule has 0 aromatic heterocycles. The largest absolute Gasteiger partial charge is 0.497 e. The number of methoxy groups -OCH3 is 2. The van der Waals surface area contributed by atoms with Gasteiger partial charge in [-0.25, -0.2) is 0 Å². The molecule has 1 aliphatic rings. The van der Waals surface area contributed by atoms with Crippen LogP contribution in [0.15, 0.2) is 90.0 Å². The van der Waals surface area contributed by atoms with E-state index in [-0.39, 0.29) is 32.1 Å². The molecule has 8 heteroatoms. The van der Waals surface area contributed by atoms with E-state index in [9.17, 15) is 9.36 Å². The van der Waals surface area contributed by atoms with Crippen LogP contribution in [-0.4, -0.2) is 51.2 Å². The van der Waals surface area contributed by atoms with Gasteiger partial charge in [-0.1, -0.05) is 54.6 Å². The van der Waals surface area contributed by atoms with E-state index in [4.69, 9.17) is 18.5 Å². The third kappa shape index (κ3) is 6.98. The van der Waals surface area contributed by atoms with Crippen LogP contribution in [-0.2, 0) is 18.4 Å². The Bertz CT molecular complexity index is 1300. The fraction of sp³-hybridized carbons (Fsp3) is 0.281. The SMILES string of the molecule is CCOP(=O)(OCC)C(c1ccccc1)N1C/C(=C\c2ccc(OC)cc2)C(=O)/C(=C/c2ccc(OC)cc2)C1. The van der Waals surface area contributed by atoms with E-state index in [1.165, 1.54) is 0 Å². The van der Waals surface area contributed by atoms with Crippen LogP contribution in [0.5, 0.6) is 11.5 Å². The maximum atomic E-state index is 14.3. The first kappa shape index (κ1) is 29.5. The van der Waals surface area contributed by atoms with Crippen LogP contribution in [0.25, 0.3) is 12.2 Å². The highest BCUT2D eigenvalue weighted by Gasteiger charge is 2.44. The van der Waals surface area contributed by atoms with Crippen LogP contribution in [0, 0.1) is 0 Å². The van der Waals surface area contributed by atoms with E-state index in [2.05, 4.69) is 0 Å². The number of Topliss-reactive ketones (excluding diaryl/α,β-unsaturated/α-hetero) is 1. The second kappa shape index (κ2) is 13.7. The topological polar surface area (TPSA) is 74.3 Å². The number of carbonyl (C=O) groups excluding carboxylic acids is 1. The number of likely N-dealkylation sites (tertiary alicyclic amines) is 1. The number of piperidine rings is 1. The van der Waals surface area contributed by atoms with Crippen LogP contribution in [0.4, 0.5) is 0 Å². The summed E-state index contributed by atoms with van der Waals surface area (Å²) in [4.78, 5) is 15.9. The van der Waals surface area contributed by atoms with Crippen LogP contribution < -0.4 is 9.47 Å². The molecule has 1 atom stereocenters. The molecule has 4 rings (SSSR count). The van der Waals surface area contributed by atoms with Crippen molar-refractivity contribution in [2.75, 3.05) is 40.5 Å². The molecule has 7 nitrogen and oxygen atoms in total. The maximum Gasteiger partial charge on any atom is 0.352 e. The Hall–Kier alpha value is -3.48. The van der Waals surface area contributed by atoms with Crippen molar-refractivity contribution in [3.63, 3.8) is 0 Å². The molecule has 1 heterocycles. The van der Waals surface area contributed by atoms with Crippen LogP contribution in [0.2, 0.25) is 0 Å². The highest BCUT2D eigenvalue weighted by Crippen LogP contribution is 2.62. The Morgan fingerprint density at radius 3 is 1.60 bits per heavy atom. The Morgan fingerprint density at radius 1 is 0.750 bits per heavy atom. The second-order valence-electron chi connectivity index (χ2n) is 9.28. The molecule has 0 radical (unpaired) electrons. The maximum absolute atomic E-state index is 14.3. The minimum atomic E-state index is -3.65. The Balaban J connectivity index is 1.83. The van der Waals surface area contributed by atoms with Gasteiger partial charge in [0.1, 0.15) is 17.3 Å². The first-order valence-corrected chi connectivity index (χ1v) is 14.9. The van der Waals surface area contributed by atoms with E-state index >= 15 is 0 Å². The van der Waals surface area contributed by atoms with Crippen molar-refractivity contribution in [1.29, 1.82) is 0 Å². The van der Waals surface area contributed by atoms with Crippen molar-refractivity contribution >= 4 is 25.5 Å². The van der Waals surface area contributed by atoms with Crippen LogP contribution in [0.1, 0.15) is 36.3 Å². The number of hydrogen-bond acceptors (Lipinski definition) is 7. The number of carbonyl (C=O) groups is 1. The number of rotatable bonds is 11. The molecule has 0 N–H and O–H groups in total. The lowest BCUT2D eigenvalue weighted by Gasteiger charge is -2.39. The van der Waals surface area contributed by atoms with Gasteiger partial charge in [0, 0.05) is 24.2 Å². The van der Waals surface area contributed by atoms with Gasteiger partial charge in [0.25, 0.3) is 0 Å². The number of nitrogens with zero attached hydrogens (tertiary/aromatic N) is 1. The summed E-state index contributed by atoms with van der Waals surface area (Å²) in [5.74, 6) is 0.701. The van der Waals surface area contributed by atoms with E-state index in [1.807, 2.05) is 95.9 Å². The second-order valence-corrected chi connectivity index (χ2v) is 11.4. The monoisotopic (exact) mass is 561 g/mol. The average molecular weight is 562 g/mol. The molecule has 0 saturated carbocycles. The molecular formula is C32H36NO6P. The first-order valence-electron chi connectivity index (χ1n) is 13.3. The van der Waals surface area contributed by atoms with Gasteiger partial charge in [-0.2, -0.15) is 0 Å². The summed E-state index contributed by atoms with van der Waals surface area (Å²) in [6.07, 6.45) is 3.76. The van der Waals surface area contributed by atoms with Gasteiger partial charge in [0.05, 0.1) is 27.4 Å². The summed E-state index contributed by atoms with van der Waals surface area (Å²) in [7, 11) is -0.420. The summed E-state index contributed by atoms with van der Waals surface area (Å²) in [6, 6.07) is 24.6. The molecule has 0 aliphatic carbocycles. The molecule has 0 bridgehead atoms. The van der Waals surface area contributed by atoms with Crippen LogP contribution >= 0.6 is 7.60 Å². The fourth-order valence-corrected chi connectivity index (χ4v) is 6.98. The molecule has 1 unspecified atom stereocenters. The number of benzene rings is 3. The third-order valence-corrected chi connectivity index (χ3v) is 9.06. The molecule has 1 saturated heterocycles. The lowest BCUT2D eigenvalue weighted by molar-refractivity contribution is -0.113. The average Bonchev–Trinajstić information content (AvgIpc) is 2.97. The molecule has 3 aromatic carbocycles. The summed E-state index contributed by atoms with van der Waals surface area (Å²) in [6.45, 7) is 4.62. The number of ether oxygens (including phenoxy) is 2. The fourth-order valence-electron chi connectivity index (χ4n) is 4.80. The highest BCUT2D eigenvalue weighted by atomic mass is 31.2. The molecule has 210 valence electrons. The predicted octanol–water partition coefficient (Wildman–Crippen LogP) is 7.02. The molecule has 1 fully saturated rings. The number of ketones is 1. The van der Waals surface area contributed by atoms with E-state index in [0.29, 0.717) is 11.1 Å². The zero-order valence-corrected chi connectivity index (χ0v) is 24.3. The Kier molecular flexibility index (Phi) is 10.1. The molecule has 3 aromatic rings. The zero-order valence-electron chi connectivity index (χ0n) is 23.4. The first-order chi connectivity index (χ1) is 19.4. The Morgan fingerprint density at radius 2 is 1.20 bits per heavy atom. The highest BCUT2D eigenvalue weighted by molar-refractivity contribution is 7.54. The van der Waals surface area contributed by atoms with Gasteiger partial charge in [-0.3, -0.25) is 14.3 Å². The van der Waals surface area contributed by atoms with E-state index in [1.54, 1.807) is 28.1 Å². The molecule has 0 spiro atoms. The van der Waals surface area contributed by atoms with Gasteiger partial charge < -0.3 is 18.5 Å². The summed E-state index contributed by atoms with van der Waals surface area (Å²) < 4.78 is 36.6. The van der Waals surface area contributed by atoms with Gasteiger partial charge in [-0.15, -0.1) is 0 Å². The summed E-state index contributed by atoms with van der Waals surface area (Å²) >= 11 is 0. The van der Waals surface area contributed by atoms with E-state index in [0.717, 1.165) is 28.2 Å². The van der Waals surface area contributed by atoms with Gasteiger partial charge in [0.15, 0.2) is 5.78 Å². The quantitative estimate of drug-likeness (QED) is 0.184. The Labute approximate surface area is 236 Å². The molecular weight excluding hydrogens is 525 g/mol. The van der Waals surface area contributed by atoms with Crippen molar-refractivity contribution < 1.29 is 27.9 Å². The standard InChI is InChI=1S/C32H36NO6P/c1-5-38-40(35,39-6-2)32(26-10-8-7-9-11-26)33-22-27(20-24-12-16-29(36-3)17-13-24)31(34)28(23-33)21-25-14-18-30(37-4)19-15-25/h7-21,32H,5-6,22-23H2,1-4H3/b27-20+,28-21+. The summed E-state index contributed by atoms with van der Waals surface area (Å²) in [5, 5.41) is 0.